The Bertz CT molecular complexity index is 589. The molecule has 1 nitrogen and oxygen atoms in total. The van der Waals surface area contributed by atoms with Gasteiger partial charge in [-0.2, -0.15) is 0 Å². The summed E-state index contributed by atoms with van der Waals surface area (Å²) >= 11 is 15.1. The van der Waals surface area contributed by atoms with Crippen molar-refractivity contribution in [1.82, 2.24) is 0 Å². The lowest BCUT2D eigenvalue weighted by molar-refractivity contribution is 0.219. The van der Waals surface area contributed by atoms with Gasteiger partial charge in [0.1, 0.15) is 11.9 Å². The standard InChI is InChI=1S/C13H8BrCl2FO/c14-11-4-2-8(17)6-10(11)13(18)9-3-1-7(15)5-12(9)16/h1-6,13,18H. The first-order valence-corrected chi connectivity index (χ1v) is 6.62. The van der Waals surface area contributed by atoms with Gasteiger partial charge in [0.15, 0.2) is 0 Å². The number of benzene rings is 2. The Labute approximate surface area is 122 Å². The van der Waals surface area contributed by atoms with Gasteiger partial charge in [-0.1, -0.05) is 45.2 Å². The van der Waals surface area contributed by atoms with Crippen LogP contribution in [0.1, 0.15) is 17.2 Å². The van der Waals surface area contributed by atoms with E-state index in [0.29, 0.717) is 25.6 Å². The van der Waals surface area contributed by atoms with Gasteiger partial charge in [0, 0.05) is 25.6 Å². The van der Waals surface area contributed by atoms with Crippen LogP contribution in [0, 0.1) is 5.82 Å². The van der Waals surface area contributed by atoms with E-state index in [1.54, 1.807) is 12.1 Å². The highest BCUT2D eigenvalue weighted by atomic mass is 79.9. The Morgan fingerprint density at radius 3 is 2.44 bits per heavy atom. The van der Waals surface area contributed by atoms with Crippen LogP contribution in [-0.2, 0) is 0 Å². The lowest BCUT2D eigenvalue weighted by Gasteiger charge is -2.15. The van der Waals surface area contributed by atoms with Crippen LogP contribution in [-0.4, -0.2) is 5.11 Å². The fourth-order valence-corrected chi connectivity index (χ4v) is 2.59. The SMILES string of the molecule is OC(c1ccc(Cl)cc1Cl)c1cc(F)ccc1Br. The fraction of sp³-hybridized carbons (Fsp3) is 0.0769. The molecular formula is C13H8BrCl2FO. The van der Waals surface area contributed by atoms with Gasteiger partial charge < -0.3 is 5.11 Å². The lowest BCUT2D eigenvalue weighted by atomic mass is 10.0. The van der Waals surface area contributed by atoms with E-state index in [1.807, 2.05) is 0 Å². The number of rotatable bonds is 2. The summed E-state index contributed by atoms with van der Waals surface area (Å²) in [5, 5.41) is 11.1. The first-order valence-electron chi connectivity index (χ1n) is 5.07. The molecule has 5 heteroatoms. The molecule has 1 N–H and O–H groups in total. The van der Waals surface area contributed by atoms with Crippen LogP contribution >= 0.6 is 39.1 Å². The van der Waals surface area contributed by atoms with Crippen molar-refractivity contribution >= 4 is 39.1 Å². The van der Waals surface area contributed by atoms with Crippen molar-refractivity contribution < 1.29 is 9.50 Å². The second kappa shape index (κ2) is 5.57. The Morgan fingerprint density at radius 2 is 1.78 bits per heavy atom. The molecule has 0 aromatic heterocycles. The summed E-state index contributed by atoms with van der Waals surface area (Å²) in [7, 11) is 0. The summed E-state index contributed by atoms with van der Waals surface area (Å²) in [5.41, 5.74) is 0.895. The molecule has 94 valence electrons. The van der Waals surface area contributed by atoms with Gasteiger partial charge >= 0.3 is 0 Å². The van der Waals surface area contributed by atoms with Crippen LogP contribution < -0.4 is 0 Å². The molecule has 0 aliphatic carbocycles. The van der Waals surface area contributed by atoms with Crippen molar-refractivity contribution in [3.8, 4) is 0 Å². The van der Waals surface area contributed by atoms with Crippen LogP contribution in [0.3, 0.4) is 0 Å². The third-order valence-corrected chi connectivity index (χ3v) is 3.79. The molecule has 0 heterocycles. The maximum atomic E-state index is 13.2. The van der Waals surface area contributed by atoms with Crippen LogP contribution in [0.5, 0.6) is 0 Å². The monoisotopic (exact) mass is 348 g/mol. The molecule has 2 aromatic rings. The number of halogens is 4. The Hall–Kier alpha value is -0.610. The zero-order valence-corrected chi connectivity index (χ0v) is 12.1. The third-order valence-electron chi connectivity index (χ3n) is 2.51. The number of hydrogen-bond donors (Lipinski definition) is 1. The van der Waals surface area contributed by atoms with Crippen LogP contribution in [0.2, 0.25) is 10.0 Å². The maximum Gasteiger partial charge on any atom is 0.123 e. The van der Waals surface area contributed by atoms with E-state index < -0.39 is 11.9 Å². The molecule has 0 aliphatic rings. The normalized spacial score (nSPS) is 12.5. The second-order valence-electron chi connectivity index (χ2n) is 3.73. The Morgan fingerprint density at radius 1 is 1.06 bits per heavy atom. The highest BCUT2D eigenvalue weighted by Crippen LogP contribution is 2.33. The van der Waals surface area contributed by atoms with Gasteiger partial charge in [-0.3, -0.25) is 0 Å². The molecule has 1 atom stereocenters. The van der Waals surface area contributed by atoms with Gasteiger partial charge in [-0.05, 0) is 30.3 Å². The minimum Gasteiger partial charge on any atom is -0.384 e. The lowest BCUT2D eigenvalue weighted by Crippen LogP contribution is -2.02. The zero-order chi connectivity index (χ0) is 13.3. The van der Waals surface area contributed by atoms with Crippen molar-refractivity contribution in [2.75, 3.05) is 0 Å². The van der Waals surface area contributed by atoms with Gasteiger partial charge in [-0.15, -0.1) is 0 Å². The number of hydrogen-bond acceptors (Lipinski definition) is 1. The molecule has 0 fully saturated rings. The first-order chi connectivity index (χ1) is 8.49. The molecule has 0 bridgehead atoms. The number of aliphatic hydroxyl groups is 1. The van der Waals surface area contributed by atoms with Crippen molar-refractivity contribution in [2.45, 2.75) is 6.10 Å². The quantitative estimate of drug-likeness (QED) is 0.810. The zero-order valence-electron chi connectivity index (χ0n) is 9.00. The van der Waals surface area contributed by atoms with Crippen molar-refractivity contribution in [2.24, 2.45) is 0 Å². The summed E-state index contributed by atoms with van der Waals surface area (Å²) in [4.78, 5) is 0. The van der Waals surface area contributed by atoms with Crippen LogP contribution in [0.25, 0.3) is 0 Å². The molecule has 0 amide bonds. The van der Waals surface area contributed by atoms with E-state index in [2.05, 4.69) is 15.9 Å². The van der Waals surface area contributed by atoms with Gasteiger partial charge in [0.05, 0.1) is 0 Å². The highest BCUT2D eigenvalue weighted by molar-refractivity contribution is 9.10. The highest BCUT2D eigenvalue weighted by Gasteiger charge is 2.17. The minimum absolute atomic E-state index is 0.339. The summed E-state index contributed by atoms with van der Waals surface area (Å²) in [6, 6.07) is 8.89. The average Bonchev–Trinajstić information content (AvgIpc) is 2.31. The number of aliphatic hydroxyl groups excluding tert-OH is 1. The largest absolute Gasteiger partial charge is 0.384 e. The summed E-state index contributed by atoms with van der Waals surface area (Å²) in [6.45, 7) is 0. The molecule has 0 saturated carbocycles. The molecule has 18 heavy (non-hydrogen) atoms. The van der Waals surface area contributed by atoms with E-state index >= 15 is 0 Å². The van der Waals surface area contributed by atoms with E-state index in [1.165, 1.54) is 24.3 Å². The minimum atomic E-state index is -1.01. The van der Waals surface area contributed by atoms with Gasteiger partial charge in [0.25, 0.3) is 0 Å². The third kappa shape index (κ3) is 2.86. The van der Waals surface area contributed by atoms with E-state index in [9.17, 15) is 9.50 Å². The molecule has 1 unspecified atom stereocenters. The fourth-order valence-electron chi connectivity index (χ4n) is 1.61. The molecule has 0 radical (unpaired) electrons. The van der Waals surface area contributed by atoms with E-state index in [4.69, 9.17) is 23.2 Å². The summed E-state index contributed by atoms with van der Waals surface area (Å²) in [5.74, 6) is -0.419. The maximum absolute atomic E-state index is 13.2. The van der Waals surface area contributed by atoms with Crippen LogP contribution in [0.4, 0.5) is 4.39 Å². The van der Waals surface area contributed by atoms with Crippen molar-refractivity contribution in [1.29, 1.82) is 0 Å². The van der Waals surface area contributed by atoms with Gasteiger partial charge in [-0.25, -0.2) is 4.39 Å². The Balaban J connectivity index is 2.47. The van der Waals surface area contributed by atoms with Crippen LogP contribution in [0.15, 0.2) is 40.9 Å². The molecule has 2 rings (SSSR count). The Kier molecular flexibility index (Phi) is 4.28. The van der Waals surface area contributed by atoms with Gasteiger partial charge in [0.2, 0.25) is 0 Å². The van der Waals surface area contributed by atoms with Crippen molar-refractivity contribution in [3.63, 3.8) is 0 Å². The predicted octanol–water partition coefficient (Wildman–Crippen LogP) is 4.98. The first kappa shape index (κ1) is 13.8. The molecule has 0 aliphatic heterocycles. The smallest absolute Gasteiger partial charge is 0.123 e. The van der Waals surface area contributed by atoms with E-state index in [0.717, 1.165) is 0 Å². The summed E-state index contributed by atoms with van der Waals surface area (Å²) in [6.07, 6.45) is -1.01. The van der Waals surface area contributed by atoms with Crippen molar-refractivity contribution in [3.05, 3.63) is 67.9 Å². The second-order valence-corrected chi connectivity index (χ2v) is 5.43. The molecule has 0 saturated heterocycles. The molecule has 0 spiro atoms. The summed E-state index contributed by atoms with van der Waals surface area (Å²) < 4.78 is 13.8. The molecular weight excluding hydrogens is 342 g/mol. The topological polar surface area (TPSA) is 20.2 Å². The van der Waals surface area contributed by atoms with E-state index in [-0.39, 0.29) is 0 Å². The average molecular weight is 350 g/mol. The molecule has 2 aromatic carbocycles. The predicted molar refractivity (Wildman–Crippen MR) is 74.6 cm³/mol.